The van der Waals surface area contributed by atoms with Gasteiger partial charge in [0.15, 0.2) is 15.9 Å². The Labute approximate surface area is 207 Å². The second kappa shape index (κ2) is 10.3. The molecule has 0 spiro atoms. The largest absolute Gasteiger partial charge is 0.480 e. The lowest BCUT2D eigenvalue weighted by atomic mass is 10.1. The van der Waals surface area contributed by atoms with Gasteiger partial charge in [-0.25, -0.2) is 12.8 Å². The molecule has 10 heteroatoms. The van der Waals surface area contributed by atoms with Gasteiger partial charge < -0.3 is 9.64 Å². The Hall–Kier alpha value is -3.40. The van der Waals surface area contributed by atoms with E-state index >= 15 is 0 Å². The van der Waals surface area contributed by atoms with Gasteiger partial charge in [0.1, 0.15) is 11.6 Å². The molecule has 0 aliphatic carbocycles. The van der Waals surface area contributed by atoms with E-state index in [1.54, 1.807) is 24.3 Å². The summed E-state index contributed by atoms with van der Waals surface area (Å²) in [4.78, 5) is 14.4. The smallest absolute Gasteiger partial charge is 0.425 e. The Kier molecular flexibility index (Phi) is 7.78. The van der Waals surface area contributed by atoms with Gasteiger partial charge in [-0.05, 0) is 66.5 Å². The monoisotopic (exact) mass is 523 g/mol. The molecule has 3 rings (SSSR count). The number of likely N-dealkylation sites (tertiary alicyclic amines) is 1. The van der Waals surface area contributed by atoms with Gasteiger partial charge >= 0.3 is 6.18 Å². The van der Waals surface area contributed by atoms with Crippen LogP contribution in [-0.2, 0) is 9.84 Å². The molecule has 0 N–H and O–H groups in total. The van der Waals surface area contributed by atoms with Crippen LogP contribution < -0.4 is 4.74 Å². The second-order valence-electron chi connectivity index (χ2n) is 8.55. The van der Waals surface area contributed by atoms with E-state index in [0.717, 1.165) is 48.1 Å². The predicted octanol–water partition coefficient (Wildman–Crippen LogP) is 5.60. The van der Waals surface area contributed by atoms with Crippen LogP contribution in [0.15, 0.2) is 77.2 Å². The molecule has 1 atom stereocenters. The van der Waals surface area contributed by atoms with Gasteiger partial charge in [0.05, 0.1) is 10.5 Å². The SMILES string of the molecule is C=C1CN(C(=O)c2cc(S(C)(=O)=O)ccc2OC(C)C(F)(F)F)C/C1=C/C=C(\C)c1ccc(F)cc1. The number of benzene rings is 2. The number of carbonyl (C=O) groups excluding carboxylic acids is 1. The highest BCUT2D eigenvalue weighted by Crippen LogP contribution is 2.31. The van der Waals surface area contributed by atoms with Gasteiger partial charge in [-0.3, -0.25) is 4.79 Å². The molecule has 1 unspecified atom stereocenters. The highest BCUT2D eigenvalue weighted by atomic mass is 32.2. The Balaban J connectivity index is 1.90. The summed E-state index contributed by atoms with van der Waals surface area (Å²) in [5.41, 5.74) is 2.70. The van der Waals surface area contributed by atoms with E-state index in [2.05, 4.69) is 6.58 Å². The van der Waals surface area contributed by atoms with Crippen LogP contribution in [0.5, 0.6) is 5.75 Å². The number of hydrogen-bond acceptors (Lipinski definition) is 4. The molecule has 1 amide bonds. The van der Waals surface area contributed by atoms with Crippen molar-refractivity contribution in [1.82, 2.24) is 4.90 Å². The lowest BCUT2D eigenvalue weighted by molar-refractivity contribution is -0.189. The van der Waals surface area contributed by atoms with E-state index in [9.17, 15) is 30.8 Å². The number of rotatable bonds is 6. The zero-order chi connectivity index (χ0) is 26.8. The average molecular weight is 524 g/mol. The zero-order valence-corrected chi connectivity index (χ0v) is 20.7. The molecule has 2 aromatic carbocycles. The van der Waals surface area contributed by atoms with Crippen LogP contribution in [0, 0.1) is 5.82 Å². The van der Waals surface area contributed by atoms with Crippen molar-refractivity contribution in [2.75, 3.05) is 19.3 Å². The van der Waals surface area contributed by atoms with E-state index in [1.165, 1.54) is 17.0 Å². The minimum atomic E-state index is -4.68. The molecule has 1 fully saturated rings. The maximum Gasteiger partial charge on any atom is 0.425 e. The van der Waals surface area contributed by atoms with Crippen molar-refractivity contribution in [1.29, 1.82) is 0 Å². The molecule has 1 aliphatic rings. The number of amides is 1. The Morgan fingerprint density at radius 1 is 1.14 bits per heavy atom. The van der Waals surface area contributed by atoms with Crippen LogP contribution in [0.2, 0.25) is 0 Å². The number of sulfone groups is 1. The highest BCUT2D eigenvalue weighted by molar-refractivity contribution is 7.90. The summed E-state index contributed by atoms with van der Waals surface area (Å²) >= 11 is 0. The van der Waals surface area contributed by atoms with E-state index in [0.29, 0.717) is 5.57 Å². The van der Waals surface area contributed by atoms with Crippen LogP contribution >= 0.6 is 0 Å². The topological polar surface area (TPSA) is 63.7 Å². The van der Waals surface area contributed by atoms with Crippen molar-refractivity contribution >= 4 is 21.3 Å². The van der Waals surface area contributed by atoms with Crippen molar-refractivity contribution in [3.8, 4) is 5.75 Å². The lowest BCUT2D eigenvalue weighted by Gasteiger charge is -2.22. The van der Waals surface area contributed by atoms with E-state index < -0.39 is 28.0 Å². The van der Waals surface area contributed by atoms with E-state index in [-0.39, 0.29) is 35.1 Å². The molecule has 0 saturated carbocycles. The van der Waals surface area contributed by atoms with Gasteiger partial charge in [0.2, 0.25) is 0 Å². The first kappa shape index (κ1) is 27.2. The molecule has 1 aliphatic heterocycles. The quantitative estimate of drug-likeness (QED) is 0.463. The van der Waals surface area contributed by atoms with Crippen LogP contribution in [0.25, 0.3) is 5.57 Å². The second-order valence-corrected chi connectivity index (χ2v) is 10.6. The Bertz CT molecular complexity index is 1340. The lowest BCUT2D eigenvalue weighted by Crippen LogP contribution is -2.33. The van der Waals surface area contributed by atoms with Gasteiger partial charge in [-0.2, -0.15) is 13.2 Å². The number of allylic oxidation sites excluding steroid dienone is 3. The normalized spacial score (nSPS) is 17.0. The summed E-state index contributed by atoms with van der Waals surface area (Å²) in [5.74, 6) is -1.41. The number of nitrogens with zero attached hydrogens (tertiary/aromatic N) is 1. The van der Waals surface area contributed by atoms with Gasteiger partial charge in [0, 0.05) is 19.3 Å². The van der Waals surface area contributed by atoms with Crippen molar-refractivity contribution in [3.05, 3.63) is 89.3 Å². The maximum absolute atomic E-state index is 13.3. The summed E-state index contributed by atoms with van der Waals surface area (Å²) in [6, 6.07) is 9.15. The van der Waals surface area contributed by atoms with Crippen LogP contribution in [-0.4, -0.2) is 50.9 Å². The predicted molar refractivity (Wildman–Crippen MR) is 129 cm³/mol. The van der Waals surface area contributed by atoms with Crippen LogP contribution in [0.1, 0.15) is 29.8 Å². The fourth-order valence-corrected chi connectivity index (χ4v) is 4.14. The standard InChI is InChI=1S/C26H25F4NO4S/c1-16(19-7-9-21(27)10-8-19)5-6-20-15-31(14-17(20)2)25(32)23-13-22(36(4,33)34)11-12-24(23)35-18(3)26(28,29)30/h5-13,18H,2,14-15H2,1,3-4H3/b16-5+,20-6-. The molecule has 36 heavy (non-hydrogen) atoms. The summed E-state index contributed by atoms with van der Waals surface area (Å²) in [6.45, 7) is 6.82. The Morgan fingerprint density at radius 2 is 1.78 bits per heavy atom. The van der Waals surface area contributed by atoms with Crippen LogP contribution in [0.4, 0.5) is 17.6 Å². The molecule has 2 aromatic rings. The zero-order valence-electron chi connectivity index (χ0n) is 19.9. The molecule has 5 nitrogen and oxygen atoms in total. The molecule has 192 valence electrons. The third-order valence-electron chi connectivity index (χ3n) is 5.69. The average Bonchev–Trinajstić information content (AvgIpc) is 3.16. The van der Waals surface area contributed by atoms with Gasteiger partial charge in [-0.15, -0.1) is 0 Å². The number of alkyl halides is 3. The highest BCUT2D eigenvalue weighted by Gasteiger charge is 2.39. The number of ether oxygens (including phenoxy) is 1. The third-order valence-corrected chi connectivity index (χ3v) is 6.80. The first-order valence-corrected chi connectivity index (χ1v) is 12.7. The fraction of sp³-hybridized carbons (Fsp3) is 0.269. The molecule has 1 saturated heterocycles. The molecule has 0 radical (unpaired) electrons. The minimum absolute atomic E-state index is 0.103. The third kappa shape index (κ3) is 6.42. The fourth-order valence-electron chi connectivity index (χ4n) is 3.49. The van der Waals surface area contributed by atoms with Gasteiger partial charge in [-0.1, -0.05) is 30.9 Å². The molecule has 1 heterocycles. The Morgan fingerprint density at radius 3 is 2.36 bits per heavy atom. The van der Waals surface area contributed by atoms with Crippen molar-refractivity contribution < 1.29 is 35.5 Å². The number of halogens is 4. The first-order chi connectivity index (χ1) is 16.7. The number of carbonyl (C=O) groups is 1. The van der Waals surface area contributed by atoms with Crippen molar-refractivity contribution in [3.63, 3.8) is 0 Å². The molecular weight excluding hydrogens is 498 g/mol. The first-order valence-electron chi connectivity index (χ1n) is 10.8. The van der Waals surface area contributed by atoms with E-state index in [4.69, 9.17) is 4.74 Å². The summed E-state index contributed by atoms with van der Waals surface area (Å²) in [7, 11) is -3.73. The number of hydrogen-bond donors (Lipinski definition) is 0. The molecular formula is C26H25F4NO4S. The summed E-state index contributed by atoms with van der Waals surface area (Å²) in [6.07, 6.45) is -2.39. The maximum atomic E-state index is 13.3. The van der Waals surface area contributed by atoms with Gasteiger partial charge in [0.25, 0.3) is 5.91 Å². The molecule has 0 bridgehead atoms. The van der Waals surface area contributed by atoms with Crippen molar-refractivity contribution in [2.45, 2.75) is 31.0 Å². The molecule has 0 aromatic heterocycles. The van der Waals surface area contributed by atoms with Crippen molar-refractivity contribution in [2.24, 2.45) is 0 Å². The summed E-state index contributed by atoms with van der Waals surface area (Å²) < 4.78 is 81.4. The summed E-state index contributed by atoms with van der Waals surface area (Å²) in [5, 5.41) is 0. The minimum Gasteiger partial charge on any atom is -0.480 e. The van der Waals surface area contributed by atoms with Crippen LogP contribution in [0.3, 0.4) is 0 Å². The van der Waals surface area contributed by atoms with E-state index in [1.807, 2.05) is 6.92 Å².